The van der Waals surface area contributed by atoms with Crippen molar-refractivity contribution in [3.8, 4) is 5.75 Å². The molecule has 1 amide bonds. The molecule has 0 aliphatic carbocycles. The molecule has 0 spiro atoms. The minimum atomic E-state index is -1.16. The second-order valence-electron chi connectivity index (χ2n) is 4.82. The number of nitrogens with one attached hydrogen (secondary N) is 1. The highest BCUT2D eigenvalue weighted by molar-refractivity contribution is 5.84. The largest absolute Gasteiger partial charge is 0.484 e. The van der Waals surface area contributed by atoms with Crippen LogP contribution in [0.3, 0.4) is 0 Å². The topological polar surface area (TPSA) is 84.9 Å². The van der Waals surface area contributed by atoms with Gasteiger partial charge in [0.25, 0.3) is 5.91 Å². The van der Waals surface area contributed by atoms with E-state index in [0.29, 0.717) is 5.75 Å². The first-order chi connectivity index (χ1) is 10.4. The van der Waals surface area contributed by atoms with Crippen LogP contribution in [0.4, 0.5) is 0 Å². The van der Waals surface area contributed by atoms with E-state index in [1.165, 1.54) is 6.08 Å². The fourth-order valence-electron chi connectivity index (χ4n) is 1.63. The normalized spacial score (nSPS) is 11.5. The lowest BCUT2D eigenvalue weighted by Crippen LogP contribution is -2.45. The van der Waals surface area contributed by atoms with E-state index in [1.54, 1.807) is 6.07 Å². The molecule has 1 rings (SSSR count). The van der Waals surface area contributed by atoms with Crippen LogP contribution >= 0.6 is 0 Å². The average molecular weight is 307 g/mol. The minimum absolute atomic E-state index is 0.128. The maximum Gasteiger partial charge on any atom is 0.328 e. The highest BCUT2D eigenvalue weighted by Gasteiger charge is 2.20. The Bertz CT molecular complexity index is 541. The van der Waals surface area contributed by atoms with Crippen molar-refractivity contribution in [2.75, 3.05) is 19.8 Å². The lowest BCUT2D eigenvalue weighted by molar-refractivity contribution is -0.143. The summed E-state index contributed by atoms with van der Waals surface area (Å²) < 4.78 is 10.4. The van der Waals surface area contributed by atoms with Gasteiger partial charge in [-0.25, -0.2) is 4.79 Å². The predicted molar refractivity (Wildman–Crippen MR) is 82.0 cm³/mol. The van der Waals surface area contributed by atoms with Gasteiger partial charge in [0.05, 0.1) is 13.2 Å². The van der Waals surface area contributed by atoms with Crippen molar-refractivity contribution in [1.82, 2.24) is 5.32 Å². The van der Waals surface area contributed by atoms with E-state index in [1.807, 2.05) is 26.0 Å². The summed E-state index contributed by atoms with van der Waals surface area (Å²) in [5.74, 6) is -1.12. The van der Waals surface area contributed by atoms with Gasteiger partial charge in [-0.2, -0.15) is 0 Å². The molecule has 0 aliphatic heterocycles. The molecule has 0 aromatic heterocycles. The van der Waals surface area contributed by atoms with Gasteiger partial charge in [-0.05, 0) is 37.1 Å². The van der Waals surface area contributed by atoms with Crippen LogP contribution in [0.2, 0.25) is 0 Å². The fraction of sp³-hybridized carbons (Fsp3) is 0.375. The minimum Gasteiger partial charge on any atom is -0.484 e. The summed E-state index contributed by atoms with van der Waals surface area (Å²) in [4.78, 5) is 22.8. The summed E-state index contributed by atoms with van der Waals surface area (Å²) in [6, 6.07) is 4.36. The first-order valence-corrected chi connectivity index (χ1v) is 6.85. The van der Waals surface area contributed by atoms with Gasteiger partial charge in [0.2, 0.25) is 0 Å². The molecule has 0 saturated heterocycles. The van der Waals surface area contributed by atoms with E-state index in [4.69, 9.17) is 14.6 Å². The number of carboxylic acid groups (broad SMARTS) is 1. The zero-order chi connectivity index (χ0) is 16.5. The standard InChI is InChI=1S/C16H21NO5/c1-4-7-21-9-14(16(19)20)17-15(18)10-22-13-6-5-11(2)12(3)8-13/h4-6,8,14H,1,7,9-10H2,2-3H3,(H,17,18)(H,19,20). The molecule has 6 heteroatoms. The summed E-state index contributed by atoms with van der Waals surface area (Å²) in [6.45, 7) is 7.22. The Balaban J connectivity index is 2.47. The van der Waals surface area contributed by atoms with Crippen molar-refractivity contribution in [2.45, 2.75) is 19.9 Å². The zero-order valence-corrected chi connectivity index (χ0v) is 12.8. The van der Waals surface area contributed by atoms with Crippen LogP contribution in [-0.4, -0.2) is 42.8 Å². The molecule has 0 saturated carbocycles. The van der Waals surface area contributed by atoms with Gasteiger partial charge in [0.15, 0.2) is 12.6 Å². The Hall–Kier alpha value is -2.34. The van der Waals surface area contributed by atoms with E-state index in [-0.39, 0.29) is 19.8 Å². The summed E-state index contributed by atoms with van der Waals surface area (Å²) in [7, 11) is 0. The number of carbonyl (C=O) groups is 2. The first kappa shape index (κ1) is 17.7. The molecule has 0 fully saturated rings. The van der Waals surface area contributed by atoms with Crippen LogP contribution < -0.4 is 10.1 Å². The van der Waals surface area contributed by atoms with Crippen molar-refractivity contribution < 1.29 is 24.2 Å². The Morgan fingerprint density at radius 2 is 2.09 bits per heavy atom. The number of ether oxygens (including phenoxy) is 2. The monoisotopic (exact) mass is 307 g/mol. The number of aryl methyl sites for hydroxylation is 2. The van der Waals surface area contributed by atoms with Crippen molar-refractivity contribution >= 4 is 11.9 Å². The van der Waals surface area contributed by atoms with Gasteiger partial charge in [-0.15, -0.1) is 6.58 Å². The molecular weight excluding hydrogens is 286 g/mol. The van der Waals surface area contributed by atoms with Crippen molar-refractivity contribution in [1.29, 1.82) is 0 Å². The summed E-state index contributed by atoms with van der Waals surface area (Å²) in [6.07, 6.45) is 1.50. The van der Waals surface area contributed by atoms with Crippen LogP contribution in [0.5, 0.6) is 5.75 Å². The maximum atomic E-state index is 11.7. The van der Waals surface area contributed by atoms with Crippen LogP contribution in [0, 0.1) is 13.8 Å². The summed E-state index contributed by atoms with van der Waals surface area (Å²) in [5, 5.41) is 11.4. The van der Waals surface area contributed by atoms with Gasteiger partial charge in [0, 0.05) is 0 Å². The molecule has 22 heavy (non-hydrogen) atoms. The molecule has 1 aromatic rings. The number of benzene rings is 1. The number of hydrogen-bond acceptors (Lipinski definition) is 4. The molecule has 2 N–H and O–H groups in total. The smallest absolute Gasteiger partial charge is 0.328 e. The third-order valence-electron chi connectivity index (χ3n) is 3.00. The van der Waals surface area contributed by atoms with Crippen molar-refractivity contribution in [2.24, 2.45) is 0 Å². The summed E-state index contributed by atoms with van der Waals surface area (Å²) in [5.41, 5.74) is 2.18. The Morgan fingerprint density at radius 3 is 2.68 bits per heavy atom. The average Bonchev–Trinajstić information content (AvgIpc) is 2.47. The van der Waals surface area contributed by atoms with Gasteiger partial charge < -0.3 is 19.9 Å². The predicted octanol–water partition coefficient (Wildman–Crippen LogP) is 1.45. The van der Waals surface area contributed by atoms with Crippen LogP contribution in [0.15, 0.2) is 30.9 Å². The van der Waals surface area contributed by atoms with Crippen LogP contribution in [0.25, 0.3) is 0 Å². The van der Waals surface area contributed by atoms with Gasteiger partial charge in [-0.3, -0.25) is 4.79 Å². The van der Waals surface area contributed by atoms with E-state index >= 15 is 0 Å². The molecule has 1 aromatic carbocycles. The Labute approximate surface area is 129 Å². The quantitative estimate of drug-likeness (QED) is 0.533. The van der Waals surface area contributed by atoms with Crippen LogP contribution in [-0.2, 0) is 14.3 Å². The van der Waals surface area contributed by atoms with E-state index < -0.39 is 17.9 Å². The fourth-order valence-corrected chi connectivity index (χ4v) is 1.63. The van der Waals surface area contributed by atoms with Crippen molar-refractivity contribution in [3.05, 3.63) is 42.0 Å². The van der Waals surface area contributed by atoms with E-state index in [2.05, 4.69) is 11.9 Å². The second-order valence-corrected chi connectivity index (χ2v) is 4.82. The number of hydrogen-bond donors (Lipinski definition) is 2. The SMILES string of the molecule is C=CCOCC(NC(=O)COc1ccc(C)c(C)c1)C(=O)O. The molecule has 120 valence electrons. The maximum absolute atomic E-state index is 11.7. The number of amides is 1. The molecule has 0 heterocycles. The molecule has 1 atom stereocenters. The zero-order valence-electron chi connectivity index (χ0n) is 12.8. The van der Waals surface area contributed by atoms with Gasteiger partial charge >= 0.3 is 5.97 Å². The highest BCUT2D eigenvalue weighted by atomic mass is 16.5. The van der Waals surface area contributed by atoms with Crippen molar-refractivity contribution in [3.63, 3.8) is 0 Å². The third-order valence-corrected chi connectivity index (χ3v) is 3.00. The summed E-state index contributed by atoms with van der Waals surface area (Å²) >= 11 is 0. The number of carboxylic acids is 1. The van der Waals surface area contributed by atoms with E-state index in [0.717, 1.165) is 11.1 Å². The lowest BCUT2D eigenvalue weighted by atomic mass is 10.1. The van der Waals surface area contributed by atoms with E-state index in [9.17, 15) is 9.59 Å². The number of aliphatic carboxylic acids is 1. The Morgan fingerprint density at radius 1 is 1.36 bits per heavy atom. The van der Waals surface area contributed by atoms with Crippen LogP contribution in [0.1, 0.15) is 11.1 Å². The molecule has 6 nitrogen and oxygen atoms in total. The molecule has 0 aliphatic rings. The highest BCUT2D eigenvalue weighted by Crippen LogP contribution is 2.16. The number of rotatable bonds is 9. The number of carbonyl (C=O) groups excluding carboxylic acids is 1. The third kappa shape index (κ3) is 5.97. The molecule has 0 radical (unpaired) electrons. The lowest BCUT2D eigenvalue weighted by Gasteiger charge is -2.15. The Kier molecular flexibility index (Phi) is 7.12. The molecule has 1 unspecified atom stereocenters. The second kappa shape index (κ2) is 8.84. The van der Waals surface area contributed by atoms with Gasteiger partial charge in [-0.1, -0.05) is 12.1 Å². The first-order valence-electron chi connectivity index (χ1n) is 6.85. The van der Waals surface area contributed by atoms with Gasteiger partial charge in [0.1, 0.15) is 5.75 Å². The molecular formula is C16H21NO5. The molecule has 0 bridgehead atoms.